The molecule has 0 bridgehead atoms. The normalized spacial score (nSPS) is 21.8. The van der Waals surface area contributed by atoms with Crippen LogP contribution in [-0.4, -0.2) is 93.3 Å². The first-order chi connectivity index (χ1) is 17.1. The summed E-state index contributed by atoms with van der Waals surface area (Å²) in [6, 6.07) is 6.90. The molecule has 0 aliphatic carbocycles. The molecule has 1 atom stereocenters. The third-order valence-electron chi connectivity index (χ3n) is 5.76. The van der Waals surface area contributed by atoms with Crippen molar-refractivity contribution in [3.63, 3.8) is 0 Å². The molecule has 15 heteroatoms. The Morgan fingerprint density at radius 2 is 1.65 bits per heavy atom. The van der Waals surface area contributed by atoms with Gasteiger partial charge in [0.05, 0.1) is 18.4 Å². The lowest BCUT2D eigenvalue weighted by Gasteiger charge is -2.52. The van der Waals surface area contributed by atoms with E-state index in [0.29, 0.717) is 17.5 Å². The molecule has 37 heavy (non-hydrogen) atoms. The van der Waals surface area contributed by atoms with Gasteiger partial charge in [-0.15, -0.1) is 11.8 Å². The number of aromatic nitrogens is 1. The number of hydrogen-bond donors (Lipinski definition) is 2. The molecule has 1 aromatic rings. The summed E-state index contributed by atoms with van der Waals surface area (Å²) in [7, 11) is 0. The van der Waals surface area contributed by atoms with Gasteiger partial charge in [-0.3, -0.25) is 9.88 Å². The molecule has 3 saturated heterocycles. The number of rotatable bonds is 4. The molecule has 1 aromatic heterocycles. The molecule has 0 saturated carbocycles. The van der Waals surface area contributed by atoms with E-state index >= 15 is 0 Å². The predicted octanol–water partition coefficient (Wildman–Crippen LogP) is 3.91. The van der Waals surface area contributed by atoms with Crippen molar-refractivity contribution in [2.45, 2.75) is 62.0 Å². The number of likely N-dealkylation sites (tertiary alicyclic amines) is 1. The highest BCUT2D eigenvalue weighted by Gasteiger charge is 2.51. The van der Waals surface area contributed by atoms with E-state index in [2.05, 4.69) is 33.8 Å². The van der Waals surface area contributed by atoms with Crippen LogP contribution in [0.5, 0.6) is 0 Å². The molecule has 3 aliphatic rings. The molecule has 3 aliphatic heterocycles. The molecule has 8 nitrogen and oxygen atoms in total. The van der Waals surface area contributed by atoms with Gasteiger partial charge in [-0.2, -0.15) is 26.3 Å². The maximum atomic E-state index is 10.6. The Kier molecular flexibility index (Phi) is 11.0. The summed E-state index contributed by atoms with van der Waals surface area (Å²) < 4.78 is 75.5. The first-order valence-electron chi connectivity index (χ1n) is 11.2. The molecule has 1 unspecified atom stereocenters. The molecule has 4 heterocycles. The van der Waals surface area contributed by atoms with E-state index in [1.54, 1.807) is 0 Å². The van der Waals surface area contributed by atoms with Crippen molar-refractivity contribution in [1.29, 1.82) is 0 Å². The predicted molar refractivity (Wildman–Crippen MR) is 120 cm³/mol. The average molecular weight is 563 g/mol. The minimum absolute atomic E-state index is 0.388. The minimum Gasteiger partial charge on any atom is -0.475 e. The lowest BCUT2D eigenvalue weighted by atomic mass is 9.89. The van der Waals surface area contributed by atoms with Gasteiger partial charge in [0.25, 0.3) is 0 Å². The van der Waals surface area contributed by atoms with E-state index in [4.69, 9.17) is 29.3 Å². The van der Waals surface area contributed by atoms with Crippen molar-refractivity contribution in [3.05, 3.63) is 29.6 Å². The van der Waals surface area contributed by atoms with Crippen molar-refractivity contribution in [3.8, 4) is 0 Å². The second-order valence-corrected chi connectivity index (χ2v) is 10.2. The van der Waals surface area contributed by atoms with Gasteiger partial charge < -0.3 is 19.7 Å². The molecule has 4 rings (SSSR count). The van der Waals surface area contributed by atoms with Gasteiger partial charge in [-0.25, -0.2) is 9.59 Å². The fourth-order valence-electron chi connectivity index (χ4n) is 4.02. The molecule has 0 aromatic carbocycles. The fraction of sp³-hybridized carbons (Fsp3) is 0.682. The Hall–Kier alpha value is -2.10. The first kappa shape index (κ1) is 31.1. The van der Waals surface area contributed by atoms with Crippen molar-refractivity contribution in [2.75, 3.05) is 32.1 Å². The third kappa shape index (κ3) is 10.3. The zero-order valence-corrected chi connectivity index (χ0v) is 20.7. The highest BCUT2D eigenvalue weighted by atomic mass is 32.2. The lowest BCUT2D eigenvalue weighted by molar-refractivity contribution is -0.193. The Morgan fingerprint density at radius 3 is 2.14 bits per heavy atom. The second kappa shape index (κ2) is 13.1. The number of aryl methyl sites for hydroxylation is 1. The van der Waals surface area contributed by atoms with Gasteiger partial charge in [0.1, 0.15) is 0 Å². The number of nitrogens with zero attached hydrogens (tertiary/aromatic N) is 2. The standard InChI is InChI=1S/C18H26N2O2S.2C2HF3O2/c1-14-3-2-4-15(19-14)10-22-17-9-18(23-11-17)12-20(13-18)16-5-7-21-8-6-16;2*3-2(4,5)1(6)7/h2-4,16-17H,5-13H2,1H3;2*(H,6,7). The molecule has 1 spiro atoms. The van der Waals surface area contributed by atoms with Crippen LogP contribution in [0.4, 0.5) is 26.3 Å². The maximum Gasteiger partial charge on any atom is 0.490 e. The summed E-state index contributed by atoms with van der Waals surface area (Å²) in [4.78, 5) is 25.0. The van der Waals surface area contributed by atoms with Gasteiger partial charge in [0.2, 0.25) is 0 Å². The van der Waals surface area contributed by atoms with Crippen LogP contribution in [0.3, 0.4) is 0 Å². The summed E-state index contributed by atoms with van der Waals surface area (Å²) in [6.07, 6.45) is -6.16. The van der Waals surface area contributed by atoms with E-state index in [-0.39, 0.29) is 0 Å². The fourth-order valence-corrected chi connectivity index (χ4v) is 5.59. The van der Waals surface area contributed by atoms with Crippen molar-refractivity contribution >= 4 is 23.7 Å². The van der Waals surface area contributed by atoms with Crippen molar-refractivity contribution in [2.24, 2.45) is 0 Å². The van der Waals surface area contributed by atoms with Gasteiger partial charge >= 0.3 is 24.3 Å². The van der Waals surface area contributed by atoms with Gasteiger partial charge in [-0.1, -0.05) is 6.07 Å². The van der Waals surface area contributed by atoms with Crippen LogP contribution in [0, 0.1) is 6.92 Å². The first-order valence-corrected chi connectivity index (χ1v) is 12.2. The van der Waals surface area contributed by atoms with E-state index in [1.807, 2.05) is 13.0 Å². The largest absolute Gasteiger partial charge is 0.490 e. The number of carbonyl (C=O) groups is 2. The molecule has 3 fully saturated rings. The Balaban J connectivity index is 0.000000286. The summed E-state index contributed by atoms with van der Waals surface area (Å²) in [5.41, 5.74) is 2.11. The molecular weight excluding hydrogens is 534 g/mol. The Morgan fingerprint density at radius 1 is 1.11 bits per heavy atom. The van der Waals surface area contributed by atoms with Crippen LogP contribution >= 0.6 is 11.8 Å². The Bertz CT molecular complexity index is 880. The topological polar surface area (TPSA) is 109 Å². The molecule has 0 amide bonds. The summed E-state index contributed by atoms with van der Waals surface area (Å²) in [5.74, 6) is -4.38. The molecular formula is C22H28F6N2O6S. The second-order valence-electron chi connectivity index (χ2n) is 8.76. The summed E-state index contributed by atoms with van der Waals surface area (Å²) >= 11 is 2.13. The highest BCUT2D eigenvalue weighted by Crippen LogP contribution is 2.47. The van der Waals surface area contributed by atoms with Crippen LogP contribution < -0.4 is 0 Å². The van der Waals surface area contributed by atoms with Crippen LogP contribution in [0.25, 0.3) is 0 Å². The molecule has 210 valence electrons. The number of halogens is 6. The van der Waals surface area contributed by atoms with Gasteiger partial charge in [-0.05, 0) is 38.3 Å². The molecule has 2 N–H and O–H groups in total. The monoisotopic (exact) mass is 562 g/mol. The van der Waals surface area contributed by atoms with E-state index in [9.17, 15) is 26.3 Å². The number of thioether (sulfide) groups is 1. The lowest BCUT2D eigenvalue weighted by Crippen LogP contribution is -2.62. The number of pyridine rings is 1. The van der Waals surface area contributed by atoms with Crippen LogP contribution in [-0.2, 0) is 25.7 Å². The summed E-state index contributed by atoms with van der Waals surface area (Å²) in [6.45, 7) is 7.04. The molecule has 0 radical (unpaired) electrons. The van der Waals surface area contributed by atoms with Gasteiger partial charge in [0.15, 0.2) is 0 Å². The van der Waals surface area contributed by atoms with Gasteiger partial charge in [0, 0.05) is 48.5 Å². The Labute approximate surface area is 213 Å². The smallest absolute Gasteiger partial charge is 0.475 e. The number of ether oxygens (including phenoxy) is 2. The number of hydrogen-bond acceptors (Lipinski definition) is 7. The number of carboxylic acid groups (broad SMARTS) is 2. The number of alkyl halides is 6. The summed E-state index contributed by atoms with van der Waals surface area (Å²) in [5, 5.41) is 14.2. The quantitative estimate of drug-likeness (QED) is 0.528. The minimum atomic E-state index is -5.08. The maximum absolute atomic E-state index is 10.6. The number of aliphatic carboxylic acids is 2. The van der Waals surface area contributed by atoms with Crippen LogP contribution in [0.1, 0.15) is 30.7 Å². The SMILES string of the molecule is Cc1cccc(COC2CSC3(C2)CN(C2CCOCC2)C3)n1.O=C(O)C(F)(F)F.O=C(O)C(F)(F)F. The van der Waals surface area contributed by atoms with Crippen molar-refractivity contribution < 1.29 is 55.6 Å². The third-order valence-corrected chi connectivity index (χ3v) is 7.34. The highest BCUT2D eigenvalue weighted by molar-refractivity contribution is 8.01. The zero-order valence-electron chi connectivity index (χ0n) is 19.8. The van der Waals surface area contributed by atoms with E-state index in [0.717, 1.165) is 36.4 Å². The van der Waals surface area contributed by atoms with E-state index < -0.39 is 24.3 Å². The average Bonchev–Trinajstić information content (AvgIpc) is 3.22. The van der Waals surface area contributed by atoms with Crippen molar-refractivity contribution in [1.82, 2.24) is 9.88 Å². The van der Waals surface area contributed by atoms with Crippen LogP contribution in [0.15, 0.2) is 18.2 Å². The number of carboxylic acids is 2. The van der Waals surface area contributed by atoms with Crippen LogP contribution in [0.2, 0.25) is 0 Å². The zero-order chi connectivity index (χ0) is 27.9. The van der Waals surface area contributed by atoms with E-state index in [1.165, 1.54) is 32.4 Å².